The lowest BCUT2D eigenvalue weighted by atomic mass is 10.1. The smallest absolute Gasteiger partial charge is 0.257 e. The molecule has 0 radical (unpaired) electrons. The predicted molar refractivity (Wildman–Crippen MR) is 91.1 cm³/mol. The molecular formula is C18H22F2N4O. The lowest BCUT2D eigenvalue weighted by Gasteiger charge is -2.19. The lowest BCUT2D eigenvalue weighted by molar-refractivity contribution is 0.0791. The SMILES string of the molecule is CC(C)(C)n1cc(C(=O)N2CC[C@H](N)C2)c(-c2ccc(F)cc2F)n1. The topological polar surface area (TPSA) is 64.2 Å². The zero-order valence-electron chi connectivity index (χ0n) is 14.6. The van der Waals surface area contributed by atoms with E-state index in [0.717, 1.165) is 18.6 Å². The Hall–Kier alpha value is -2.28. The highest BCUT2D eigenvalue weighted by Crippen LogP contribution is 2.29. The fraction of sp³-hybridized carbons (Fsp3) is 0.444. The van der Waals surface area contributed by atoms with Crippen molar-refractivity contribution < 1.29 is 13.6 Å². The number of rotatable bonds is 2. The molecule has 1 aromatic carbocycles. The van der Waals surface area contributed by atoms with Crippen LogP contribution in [-0.2, 0) is 5.54 Å². The number of likely N-dealkylation sites (tertiary alicyclic amines) is 1. The van der Waals surface area contributed by atoms with Crippen LogP contribution in [0.4, 0.5) is 8.78 Å². The highest BCUT2D eigenvalue weighted by atomic mass is 19.1. The number of nitrogens with two attached hydrogens (primary N) is 1. The first-order valence-electron chi connectivity index (χ1n) is 8.27. The molecule has 2 N–H and O–H groups in total. The van der Waals surface area contributed by atoms with Gasteiger partial charge in [-0.05, 0) is 39.3 Å². The van der Waals surface area contributed by atoms with E-state index >= 15 is 0 Å². The van der Waals surface area contributed by atoms with Gasteiger partial charge in [0.1, 0.15) is 17.3 Å². The van der Waals surface area contributed by atoms with Crippen LogP contribution in [0.1, 0.15) is 37.6 Å². The first-order valence-corrected chi connectivity index (χ1v) is 8.27. The normalized spacial score (nSPS) is 18.0. The average molecular weight is 348 g/mol. The first kappa shape index (κ1) is 17.5. The number of amides is 1. The molecule has 2 aromatic rings. The second kappa shape index (κ2) is 6.22. The Morgan fingerprint density at radius 3 is 2.60 bits per heavy atom. The van der Waals surface area contributed by atoms with Gasteiger partial charge in [-0.2, -0.15) is 5.10 Å². The third-order valence-electron chi connectivity index (χ3n) is 4.33. The first-order chi connectivity index (χ1) is 11.7. The van der Waals surface area contributed by atoms with Gasteiger partial charge < -0.3 is 10.6 Å². The molecule has 2 heterocycles. The molecular weight excluding hydrogens is 326 g/mol. The quantitative estimate of drug-likeness (QED) is 0.908. The summed E-state index contributed by atoms with van der Waals surface area (Å²) >= 11 is 0. The number of benzene rings is 1. The van der Waals surface area contributed by atoms with Gasteiger partial charge >= 0.3 is 0 Å². The van der Waals surface area contributed by atoms with E-state index < -0.39 is 11.6 Å². The molecule has 3 rings (SSSR count). The summed E-state index contributed by atoms with van der Waals surface area (Å²) in [5, 5.41) is 4.43. The molecule has 1 saturated heterocycles. The zero-order chi connectivity index (χ0) is 18.4. The number of carbonyl (C=O) groups excluding carboxylic acids is 1. The van der Waals surface area contributed by atoms with E-state index in [1.165, 1.54) is 6.07 Å². The summed E-state index contributed by atoms with van der Waals surface area (Å²) in [5.41, 5.74) is 6.13. The average Bonchev–Trinajstić information content (AvgIpc) is 3.12. The number of aromatic nitrogens is 2. The van der Waals surface area contributed by atoms with Gasteiger partial charge in [0.15, 0.2) is 0 Å². The van der Waals surface area contributed by atoms with E-state index in [9.17, 15) is 13.6 Å². The van der Waals surface area contributed by atoms with Gasteiger partial charge in [0.25, 0.3) is 5.91 Å². The molecule has 0 spiro atoms. The Kier molecular flexibility index (Phi) is 4.36. The molecule has 1 aliphatic heterocycles. The Labute approximate surface area is 145 Å². The molecule has 0 aliphatic carbocycles. The molecule has 1 amide bonds. The van der Waals surface area contributed by atoms with Crippen LogP contribution >= 0.6 is 0 Å². The summed E-state index contributed by atoms with van der Waals surface area (Å²) in [7, 11) is 0. The van der Waals surface area contributed by atoms with Crippen LogP contribution in [0.2, 0.25) is 0 Å². The van der Waals surface area contributed by atoms with Crippen molar-refractivity contribution in [2.45, 2.75) is 38.8 Å². The van der Waals surface area contributed by atoms with Crippen LogP contribution in [0.3, 0.4) is 0 Å². The second-order valence-electron chi connectivity index (χ2n) is 7.43. The fourth-order valence-electron chi connectivity index (χ4n) is 2.90. The van der Waals surface area contributed by atoms with E-state index in [-0.39, 0.29) is 28.7 Å². The number of halogens is 2. The number of hydrogen-bond acceptors (Lipinski definition) is 3. The molecule has 0 saturated carbocycles. The van der Waals surface area contributed by atoms with E-state index in [0.29, 0.717) is 18.7 Å². The Balaban J connectivity index is 2.10. The van der Waals surface area contributed by atoms with Crippen molar-refractivity contribution in [2.24, 2.45) is 5.73 Å². The molecule has 5 nitrogen and oxygen atoms in total. The maximum Gasteiger partial charge on any atom is 0.257 e. The van der Waals surface area contributed by atoms with Gasteiger partial charge in [-0.1, -0.05) is 0 Å². The summed E-state index contributed by atoms with van der Waals surface area (Å²) in [4.78, 5) is 14.6. The zero-order valence-corrected chi connectivity index (χ0v) is 14.6. The van der Waals surface area contributed by atoms with Crippen LogP contribution in [-0.4, -0.2) is 39.7 Å². The number of hydrogen-bond donors (Lipinski definition) is 1. The minimum Gasteiger partial charge on any atom is -0.337 e. The molecule has 7 heteroatoms. The maximum absolute atomic E-state index is 14.3. The standard InChI is InChI=1S/C18H22F2N4O/c1-18(2,3)24-10-14(17(25)23-7-6-12(21)9-23)16(22-24)13-5-4-11(19)8-15(13)20/h4-5,8,10,12H,6-7,9,21H2,1-3H3/t12-/m0/s1. The molecule has 134 valence electrons. The van der Waals surface area contributed by atoms with Gasteiger partial charge in [-0.25, -0.2) is 8.78 Å². The van der Waals surface area contributed by atoms with Crippen LogP contribution in [0.25, 0.3) is 11.3 Å². The maximum atomic E-state index is 14.3. The molecule has 25 heavy (non-hydrogen) atoms. The van der Waals surface area contributed by atoms with Crippen LogP contribution < -0.4 is 5.73 Å². The predicted octanol–water partition coefficient (Wildman–Crippen LogP) is 2.76. The summed E-state index contributed by atoms with van der Waals surface area (Å²) in [6, 6.07) is 3.22. The van der Waals surface area contributed by atoms with Crippen molar-refractivity contribution in [3.8, 4) is 11.3 Å². The highest BCUT2D eigenvalue weighted by molar-refractivity contribution is 6.00. The molecule has 1 fully saturated rings. The van der Waals surface area contributed by atoms with Crippen LogP contribution in [0, 0.1) is 11.6 Å². The van der Waals surface area contributed by atoms with Crippen LogP contribution in [0.5, 0.6) is 0 Å². The monoisotopic (exact) mass is 348 g/mol. The molecule has 0 unspecified atom stereocenters. The van der Waals surface area contributed by atoms with Crippen molar-refractivity contribution in [1.29, 1.82) is 0 Å². The molecule has 1 atom stereocenters. The van der Waals surface area contributed by atoms with Crippen molar-refractivity contribution in [2.75, 3.05) is 13.1 Å². The number of nitrogens with zero attached hydrogens (tertiary/aromatic N) is 3. The van der Waals surface area contributed by atoms with Crippen molar-refractivity contribution in [3.05, 3.63) is 41.6 Å². The Bertz CT molecular complexity index is 810. The van der Waals surface area contributed by atoms with Gasteiger partial charge in [0, 0.05) is 37.0 Å². The van der Waals surface area contributed by atoms with Gasteiger partial charge in [0.2, 0.25) is 0 Å². The lowest BCUT2D eigenvalue weighted by Crippen LogP contribution is -2.32. The van der Waals surface area contributed by atoms with Crippen molar-refractivity contribution in [1.82, 2.24) is 14.7 Å². The third-order valence-corrected chi connectivity index (χ3v) is 4.33. The van der Waals surface area contributed by atoms with E-state index in [1.807, 2.05) is 20.8 Å². The summed E-state index contributed by atoms with van der Waals surface area (Å²) in [5.74, 6) is -1.65. The minimum absolute atomic E-state index is 0.0485. The van der Waals surface area contributed by atoms with E-state index in [2.05, 4.69) is 5.10 Å². The molecule has 0 bridgehead atoms. The van der Waals surface area contributed by atoms with Gasteiger partial charge in [0.05, 0.1) is 11.1 Å². The largest absolute Gasteiger partial charge is 0.337 e. The third kappa shape index (κ3) is 3.42. The summed E-state index contributed by atoms with van der Waals surface area (Å²) in [6.07, 6.45) is 2.36. The summed E-state index contributed by atoms with van der Waals surface area (Å²) < 4.78 is 29.2. The van der Waals surface area contributed by atoms with Crippen LogP contribution in [0.15, 0.2) is 24.4 Å². The highest BCUT2D eigenvalue weighted by Gasteiger charge is 2.30. The summed E-state index contributed by atoms with van der Waals surface area (Å²) in [6.45, 7) is 6.83. The van der Waals surface area contributed by atoms with Crippen molar-refractivity contribution in [3.63, 3.8) is 0 Å². The Morgan fingerprint density at radius 1 is 1.32 bits per heavy atom. The van der Waals surface area contributed by atoms with E-state index in [1.54, 1.807) is 15.8 Å². The van der Waals surface area contributed by atoms with Gasteiger partial charge in [-0.3, -0.25) is 9.48 Å². The number of carbonyl (C=O) groups is 1. The second-order valence-corrected chi connectivity index (χ2v) is 7.43. The van der Waals surface area contributed by atoms with Gasteiger partial charge in [-0.15, -0.1) is 0 Å². The minimum atomic E-state index is -0.744. The fourth-order valence-corrected chi connectivity index (χ4v) is 2.90. The molecule has 1 aromatic heterocycles. The molecule has 1 aliphatic rings. The van der Waals surface area contributed by atoms with E-state index in [4.69, 9.17) is 5.73 Å². The van der Waals surface area contributed by atoms with Crippen molar-refractivity contribution >= 4 is 5.91 Å². The Morgan fingerprint density at radius 2 is 2.04 bits per heavy atom.